The van der Waals surface area contributed by atoms with Gasteiger partial charge in [0.1, 0.15) is 11.5 Å². The van der Waals surface area contributed by atoms with Gasteiger partial charge < -0.3 is 10.2 Å². The van der Waals surface area contributed by atoms with Crippen LogP contribution in [-0.4, -0.2) is 36.0 Å². The van der Waals surface area contributed by atoms with Crippen LogP contribution in [0, 0.1) is 6.92 Å². The van der Waals surface area contributed by atoms with Gasteiger partial charge in [0.05, 0.1) is 6.04 Å². The highest BCUT2D eigenvalue weighted by atomic mass is 32.2. The van der Waals surface area contributed by atoms with E-state index in [1.165, 1.54) is 11.5 Å². The molecule has 2 heterocycles. The zero-order chi connectivity index (χ0) is 10.7. The molecule has 0 spiro atoms. The molecule has 3 nitrogen and oxygen atoms in total. The Morgan fingerprint density at radius 1 is 1.47 bits per heavy atom. The van der Waals surface area contributed by atoms with Gasteiger partial charge in [-0.3, -0.25) is 4.90 Å². The fourth-order valence-corrected chi connectivity index (χ4v) is 2.90. The van der Waals surface area contributed by atoms with Crippen molar-refractivity contribution < 1.29 is 4.42 Å². The van der Waals surface area contributed by atoms with Crippen molar-refractivity contribution in [3.05, 3.63) is 23.7 Å². The number of hydrogen-bond donors (Lipinski definition) is 1. The largest absolute Gasteiger partial charge is 0.465 e. The average Bonchev–Trinajstić information content (AvgIpc) is 2.68. The maximum Gasteiger partial charge on any atom is 0.122 e. The van der Waals surface area contributed by atoms with E-state index in [0.29, 0.717) is 6.54 Å². The van der Waals surface area contributed by atoms with Crippen LogP contribution in [-0.2, 0) is 0 Å². The van der Waals surface area contributed by atoms with Gasteiger partial charge in [-0.05, 0) is 19.1 Å². The number of aryl methyl sites for hydroxylation is 1. The fraction of sp³-hybridized carbons (Fsp3) is 0.636. The molecule has 15 heavy (non-hydrogen) atoms. The van der Waals surface area contributed by atoms with Gasteiger partial charge in [-0.2, -0.15) is 11.8 Å². The first kappa shape index (κ1) is 11.0. The summed E-state index contributed by atoms with van der Waals surface area (Å²) in [4.78, 5) is 2.43. The summed E-state index contributed by atoms with van der Waals surface area (Å²) in [7, 11) is 0. The molecule has 1 unspecified atom stereocenters. The van der Waals surface area contributed by atoms with Gasteiger partial charge in [0.25, 0.3) is 0 Å². The molecule has 4 heteroatoms. The predicted octanol–water partition coefficient (Wildman–Crippen LogP) is 1.64. The zero-order valence-electron chi connectivity index (χ0n) is 9.11. The van der Waals surface area contributed by atoms with Crippen LogP contribution in [0.25, 0.3) is 0 Å². The van der Waals surface area contributed by atoms with Crippen LogP contribution in [0.15, 0.2) is 16.5 Å². The van der Waals surface area contributed by atoms with Gasteiger partial charge in [0, 0.05) is 31.1 Å². The summed E-state index contributed by atoms with van der Waals surface area (Å²) in [6, 6.07) is 4.32. The minimum atomic E-state index is 0.264. The van der Waals surface area contributed by atoms with E-state index < -0.39 is 0 Å². The summed E-state index contributed by atoms with van der Waals surface area (Å²) >= 11 is 2.01. The van der Waals surface area contributed by atoms with Crippen molar-refractivity contribution >= 4 is 11.8 Å². The summed E-state index contributed by atoms with van der Waals surface area (Å²) in [5.41, 5.74) is 5.84. The molecule has 1 saturated heterocycles. The summed E-state index contributed by atoms with van der Waals surface area (Å²) < 4.78 is 5.66. The summed E-state index contributed by atoms with van der Waals surface area (Å²) in [5.74, 6) is 4.39. The highest BCUT2D eigenvalue weighted by Crippen LogP contribution is 2.24. The maximum atomic E-state index is 5.84. The van der Waals surface area contributed by atoms with E-state index in [1.807, 2.05) is 24.8 Å². The summed E-state index contributed by atoms with van der Waals surface area (Å²) in [5, 5.41) is 0. The number of thioether (sulfide) groups is 1. The lowest BCUT2D eigenvalue weighted by Crippen LogP contribution is -2.39. The fourth-order valence-electron chi connectivity index (χ4n) is 1.97. The van der Waals surface area contributed by atoms with Gasteiger partial charge in [0.15, 0.2) is 0 Å². The number of rotatable bonds is 3. The Morgan fingerprint density at radius 2 is 2.20 bits per heavy atom. The second kappa shape index (κ2) is 5.05. The van der Waals surface area contributed by atoms with Crippen LogP contribution in [0.3, 0.4) is 0 Å². The van der Waals surface area contributed by atoms with Gasteiger partial charge in [-0.15, -0.1) is 0 Å². The lowest BCUT2D eigenvalue weighted by atomic mass is 10.2. The molecule has 0 saturated carbocycles. The number of furan rings is 1. The molecule has 1 fully saturated rings. The van der Waals surface area contributed by atoms with Gasteiger partial charge >= 0.3 is 0 Å². The van der Waals surface area contributed by atoms with Crippen molar-refractivity contribution in [3.8, 4) is 0 Å². The lowest BCUT2D eigenvalue weighted by Gasteiger charge is -2.32. The normalized spacial score (nSPS) is 20.4. The third-order valence-corrected chi connectivity index (χ3v) is 3.74. The number of hydrogen-bond acceptors (Lipinski definition) is 4. The van der Waals surface area contributed by atoms with Crippen molar-refractivity contribution in [2.24, 2.45) is 5.73 Å². The van der Waals surface area contributed by atoms with E-state index in [0.717, 1.165) is 24.6 Å². The van der Waals surface area contributed by atoms with Crippen LogP contribution in [0.5, 0.6) is 0 Å². The Hall–Kier alpha value is -0.450. The highest BCUT2D eigenvalue weighted by molar-refractivity contribution is 7.99. The zero-order valence-corrected chi connectivity index (χ0v) is 9.93. The minimum absolute atomic E-state index is 0.264. The molecule has 0 aromatic carbocycles. The number of nitrogens with two attached hydrogens (primary N) is 1. The quantitative estimate of drug-likeness (QED) is 0.851. The molecule has 2 rings (SSSR count). The smallest absolute Gasteiger partial charge is 0.122 e. The number of nitrogens with zero attached hydrogens (tertiary/aromatic N) is 1. The Labute approximate surface area is 95.0 Å². The molecular formula is C11H18N2OS. The second-order valence-electron chi connectivity index (χ2n) is 3.85. The molecule has 0 radical (unpaired) electrons. The Balaban J connectivity index is 2.08. The first-order chi connectivity index (χ1) is 7.31. The third-order valence-electron chi connectivity index (χ3n) is 2.80. The standard InChI is InChI=1S/C11H18N2OS/c1-9-2-3-11(14-9)10(8-12)13-4-6-15-7-5-13/h2-3,10H,4-8,12H2,1H3. The van der Waals surface area contributed by atoms with E-state index in [2.05, 4.69) is 11.0 Å². The van der Waals surface area contributed by atoms with Crippen LogP contribution in [0.4, 0.5) is 0 Å². The Kier molecular flexibility index (Phi) is 3.72. The predicted molar refractivity (Wildman–Crippen MR) is 64.1 cm³/mol. The van der Waals surface area contributed by atoms with Crippen LogP contribution < -0.4 is 5.73 Å². The first-order valence-electron chi connectivity index (χ1n) is 5.39. The van der Waals surface area contributed by atoms with Crippen LogP contribution >= 0.6 is 11.8 Å². The Bertz CT molecular complexity index is 307. The highest BCUT2D eigenvalue weighted by Gasteiger charge is 2.23. The molecule has 1 atom stereocenters. The van der Waals surface area contributed by atoms with Crippen LogP contribution in [0.1, 0.15) is 17.6 Å². The van der Waals surface area contributed by atoms with E-state index in [-0.39, 0.29) is 6.04 Å². The molecule has 2 N–H and O–H groups in total. The van der Waals surface area contributed by atoms with Gasteiger partial charge in [-0.1, -0.05) is 0 Å². The molecule has 1 aliphatic rings. The van der Waals surface area contributed by atoms with Crippen molar-refractivity contribution in [2.45, 2.75) is 13.0 Å². The first-order valence-corrected chi connectivity index (χ1v) is 6.55. The lowest BCUT2D eigenvalue weighted by molar-refractivity contribution is 0.196. The SMILES string of the molecule is Cc1ccc(C(CN)N2CCSCC2)o1. The van der Waals surface area contributed by atoms with Crippen molar-refractivity contribution in [1.82, 2.24) is 4.90 Å². The molecule has 0 bridgehead atoms. The van der Waals surface area contributed by atoms with Gasteiger partial charge in [-0.25, -0.2) is 0 Å². The monoisotopic (exact) mass is 226 g/mol. The molecule has 1 aromatic heterocycles. The molecule has 0 aliphatic carbocycles. The van der Waals surface area contributed by atoms with E-state index in [1.54, 1.807) is 0 Å². The van der Waals surface area contributed by atoms with E-state index in [4.69, 9.17) is 10.2 Å². The van der Waals surface area contributed by atoms with E-state index >= 15 is 0 Å². The van der Waals surface area contributed by atoms with E-state index in [9.17, 15) is 0 Å². The van der Waals surface area contributed by atoms with Crippen molar-refractivity contribution in [1.29, 1.82) is 0 Å². The molecule has 1 aromatic rings. The minimum Gasteiger partial charge on any atom is -0.465 e. The second-order valence-corrected chi connectivity index (χ2v) is 5.07. The molecule has 84 valence electrons. The summed E-state index contributed by atoms with van der Waals surface area (Å²) in [6.07, 6.45) is 0. The topological polar surface area (TPSA) is 42.4 Å². The maximum absolute atomic E-state index is 5.84. The molecule has 1 aliphatic heterocycles. The average molecular weight is 226 g/mol. The molecule has 0 amide bonds. The Morgan fingerprint density at radius 3 is 2.73 bits per heavy atom. The van der Waals surface area contributed by atoms with Crippen LogP contribution in [0.2, 0.25) is 0 Å². The summed E-state index contributed by atoms with van der Waals surface area (Å²) in [6.45, 7) is 4.85. The van der Waals surface area contributed by atoms with Gasteiger partial charge in [0.2, 0.25) is 0 Å². The molecular weight excluding hydrogens is 208 g/mol. The van der Waals surface area contributed by atoms with Crippen molar-refractivity contribution in [3.63, 3.8) is 0 Å². The van der Waals surface area contributed by atoms with Crippen molar-refractivity contribution in [2.75, 3.05) is 31.1 Å². The third kappa shape index (κ3) is 2.56.